The van der Waals surface area contributed by atoms with Gasteiger partial charge in [-0.25, -0.2) is 0 Å². The fraction of sp³-hybridized carbons (Fsp3) is 0.852. The number of allylic oxidation sites excluding steroid dienone is 6. The lowest BCUT2D eigenvalue weighted by Gasteiger charge is -2.22. The van der Waals surface area contributed by atoms with Gasteiger partial charge >= 0.3 is 5.97 Å². The fourth-order valence-corrected chi connectivity index (χ4v) is 7.86. The Kier molecular flexibility index (Phi) is 48.1. The first-order valence-electron chi connectivity index (χ1n) is 26.3. The maximum absolute atomic E-state index is 12.4. The molecule has 0 aromatic rings. The molecule has 2 unspecified atom stereocenters. The second-order valence-corrected chi connectivity index (χ2v) is 17.9. The number of unbranched alkanes of at least 4 members (excludes halogenated alkanes) is 32. The van der Waals surface area contributed by atoms with Gasteiger partial charge in [-0.2, -0.15) is 0 Å². The number of esters is 1. The highest BCUT2D eigenvalue weighted by Crippen LogP contribution is 2.15. The van der Waals surface area contributed by atoms with Gasteiger partial charge in [-0.15, -0.1) is 0 Å². The molecule has 0 aliphatic carbocycles. The summed E-state index contributed by atoms with van der Waals surface area (Å²) >= 11 is 0. The van der Waals surface area contributed by atoms with Gasteiger partial charge in [0.05, 0.1) is 25.4 Å². The molecule has 6 nitrogen and oxygen atoms in total. The Morgan fingerprint density at radius 2 is 0.833 bits per heavy atom. The van der Waals surface area contributed by atoms with Gasteiger partial charge in [0, 0.05) is 12.8 Å². The molecule has 2 atom stereocenters. The average molecular weight is 844 g/mol. The molecule has 0 spiro atoms. The Bertz CT molecular complexity index is 977. The lowest BCUT2D eigenvalue weighted by molar-refractivity contribution is -0.143. The number of amides is 1. The summed E-state index contributed by atoms with van der Waals surface area (Å²) in [5, 5.41) is 23.1. The molecule has 60 heavy (non-hydrogen) atoms. The summed E-state index contributed by atoms with van der Waals surface area (Å²) in [6.45, 7) is 4.87. The molecule has 0 aliphatic rings. The normalized spacial score (nSPS) is 12.9. The van der Waals surface area contributed by atoms with Crippen molar-refractivity contribution in [1.29, 1.82) is 0 Å². The molecule has 0 rings (SSSR count). The van der Waals surface area contributed by atoms with E-state index in [1.807, 2.05) is 0 Å². The molecule has 0 heterocycles. The van der Waals surface area contributed by atoms with Gasteiger partial charge in [-0.1, -0.05) is 211 Å². The third kappa shape index (κ3) is 45.6. The average Bonchev–Trinajstić information content (AvgIpc) is 3.25. The molecular weight excluding hydrogens is 743 g/mol. The lowest BCUT2D eigenvalue weighted by Crippen LogP contribution is -2.45. The van der Waals surface area contributed by atoms with Gasteiger partial charge in [-0.3, -0.25) is 9.59 Å². The zero-order valence-corrected chi connectivity index (χ0v) is 39.9. The van der Waals surface area contributed by atoms with Crippen LogP contribution in [0.1, 0.15) is 271 Å². The lowest BCUT2D eigenvalue weighted by atomic mass is 10.0. The minimum absolute atomic E-state index is 0.0256. The minimum atomic E-state index is -0.677. The second-order valence-electron chi connectivity index (χ2n) is 17.9. The Morgan fingerprint density at radius 3 is 1.28 bits per heavy atom. The van der Waals surface area contributed by atoms with E-state index in [1.54, 1.807) is 0 Å². The van der Waals surface area contributed by atoms with E-state index in [2.05, 4.69) is 55.6 Å². The van der Waals surface area contributed by atoms with Crippen molar-refractivity contribution in [2.45, 2.75) is 283 Å². The Balaban J connectivity index is 3.51. The summed E-state index contributed by atoms with van der Waals surface area (Å²) < 4.78 is 5.45. The van der Waals surface area contributed by atoms with Crippen molar-refractivity contribution in [2.24, 2.45) is 0 Å². The van der Waals surface area contributed by atoms with E-state index in [0.717, 1.165) is 77.0 Å². The van der Waals surface area contributed by atoms with Crippen LogP contribution in [0, 0.1) is 0 Å². The number of carbonyl (C=O) groups excluding carboxylic acids is 2. The smallest absolute Gasteiger partial charge is 0.305 e. The van der Waals surface area contributed by atoms with Crippen molar-refractivity contribution in [3.05, 3.63) is 36.5 Å². The van der Waals surface area contributed by atoms with Crippen LogP contribution in [-0.2, 0) is 14.3 Å². The van der Waals surface area contributed by atoms with E-state index in [4.69, 9.17) is 4.74 Å². The van der Waals surface area contributed by atoms with E-state index < -0.39 is 12.1 Å². The summed E-state index contributed by atoms with van der Waals surface area (Å²) in [5.74, 6) is -0.0851. The predicted molar refractivity (Wildman–Crippen MR) is 259 cm³/mol. The Hall–Kier alpha value is -1.92. The molecule has 0 aromatic carbocycles. The topological polar surface area (TPSA) is 95.9 Å². The first-order chi connectivity index (χ1) is 29.5. The van der Waals surface area contributed by atoms with Gasteiger partial charge in [0.25, 0.3) is 0 Å². The Labute approximate surface area is 373 Å². The zero-order valence-electron chi connectivity index (χ0n) is 39.9. The third-order valence-corrected chi connectivity index (χ3v) is 11.9. The van der Waals surface area contributed by atoms with Crippen molar-refractivity contribution >= 4 is 11.9 Å². The number of carbonyl (C=O) groups is 2. The van der Waals surface area contributed by atoms with E-state index in [-0.39, 0.29) is 18.5 Å². The Morgan fingerprint density at radius 1 is 0.467 bits per heavy atom. The number of hydrogen-bond acceptors (Lipinski definition) is 5. The van der Waals surface area contributed by atoms with Crippen molar-refractivity contribution in [3.8, 4) is 0 Å². The van der Waals surface area contributed by atoms with Crippen LogP contribution in [0.4, 0.5) is 0 Å². The zero-order chi connectivity index (χ0) is 43.7. The standard InChI is InChI=1S/C54H101NO5/c1-3-5-7-9-11-13-15-16-17-18-21-24-28-32-36-40-44-48-54(59)60-49-45-41-37-33-29-25-22-19-20-23-27-31-35-39-43-47-53(58)55-51(50-56)52(57)46-42-38-34-30-26-14-12-10-8-6-4-2/h16-17,19,22,25,29,51-52,56-57H,3-15,18,20-21,23-24,26-28,30-50H2,1-2H3,(H,55,58)/b17-16-,22-19-,29-25-. The summed E-state index contributed by atoms with van der Waals surface area (Å²) in [4.78, 5) is 24.4. The quantitative estimate of drug-likeness (QED) is 0.0245. The molecule has 0 saturated heterocycles. The van der Waals surface area contributed by atoms with E-state index >= 15 is 0 Å². The molecule has 352 valence electrons. The van der Waals surface area contributed by atoms with Crippen molar-refractivity contribution < 1.29 is 24.5 Å². The number of nitrogens with one attached hydrogen (secondary N) is 1. The highest BCUT2D eigenvalue weighted by molar-refractivity contribution is 5.76. The summed E-state index contributed by atoms with van der Waals surface area (Å²) in [6, 6.07) is -0.557. The number of rotatable bonds is 48. The third-order valence-electron chi connectivity index (χ3n) is 11.9. The van der Waals surface area contributed by atoms with Crippen LogP contribution < -0.4 is 5.32 Å². The van der Waals surface area contributed by atoms with E-state index in [1.165, 1.54) is 161 Å². The fourth-order valence-electron chi connectivity index (χ4n) is 7.86. The molecule has 0 fully saturated rings. The number of aliphatic hydroxyl groups is 2. The maximum Gasteiger partial charge on any atom is 0.305 e. The van der Waals surface area contributed by atoms with E-state index in [9.17, 15) is 19.8 Å². The monoisotopic (exact) mass is 844 g/mol. The second kappa shape index (κ2) is 49.7. The number of aliphatic hydroxyl groups excluding tert-OH is 2. The maximum atomic E-state index is 12.4. The molecule has 3 N–H and O–H groups in total. The van der Waals surface area contributed by atoms with Crippen LogP contribution in [0.5, 0.6) is 0 Å². The minimum Gasteiger partial charge on any atom is -0.466 e. The van der Waals surface area contributed by atoms with Crippen molar-refractivity contribution in [3.63, 3.8) is 0 Å². The summed E-state index contributed by atoms with van der Waals surface area (Å²) in [7, 11) is 0. The number of ether oxygens (including phenoxy) is 1. The van der Waals surface area contributed by atoms with Crippen LogP contribution >= 0.6 is 0 Å². The van der Waals surface area contributed by atoms with Gasteiger partial charge in [0.15, 0.2) is 0 Å². The molecule has 0 bridgehead atoms. The predicted octanol–water partition coefficient (Wildman–Crippen LogP) is 15.7. The SMILES string of the molecule is CCCCCCCC/C=C\CCCCCCCCCC(=O)OCCCCC/C=C\C=C/CCCCCCCCC(=O)NC(CO)C(O)CCCCCCCCCCCCC. The van der Waals surface area contributed by atoms with Crippen LogP contribution in [0.25, 0.3) is 0 Å². The molecule has 1 amide bonds. The number of hydrogen-bond donors (Lipinski definition) is 3. The highest BCUT2D eigenvalue weighted by atomic mass is 16.5. The van der Waals surface area contributed by atoms with Crippen molar-refractivity contribution in [2.75, 3.05) is 13.2 Å². The highest BCUT2D eigenvalue weighted by Gasteiger charge is 2.20. The first-order valence-corrected chi connectivity index (χ1v) is 26.3. The van der Waals surface area contributed by atoms with Crippen molar-refractivity contribution in [1.82, 2.24) is 5.32 Å². The van der Waals surface area contributed by atoms with Crippen LogP contribution in [0.3, 0.4) is 0 Å². The molecule has 0 aliphatic heterocycles. The van der Waals surface area contributed by atoms with Gasteiger partial charge < -0.3 is 20.3 Å². The summed E-state index contributed by atoms with van der Waals surface area (Å²) in [6.07, 6.45) is 59.8. The van der Waals surface area contributed by atoms with Gasteiger partial charge in [-0.05, 0) is 83.5 Å². The van der Waals surface area contributed by atoms with Crippen LogP contribution in [0.15, 0.2) is 36.5 Å². The molecule has 0 saturated carbocycles. The molecule has 6 heteroatoms. The molecule has 0 radical (unpaired) electrons. The molecule has 0 aromatic heterocycles. The summed E-state index contributed by atoms with van der Waals surface area (Å²) in [5.41, 5.74) is 0. The van der Waals surface area contributed by atoms with Gasteiger partial charge in [0.2, 0.25) is 5.91 Å². The molecular formula is C54H101NO5. The van der Waals surface area contributed by atoms with Crippen LogP contribution in [-0.4, -0.2) is 47.4 Å². The van der Waals surface area contributed by atoms with Crippen LogP contribution in [0.2, 0.25) is 0 Å². The van der Waals surface area contributed by atoms with E-state index in [0.29, 0.717) is 25.9 Å². The first kappa shape index (κ1) is 58.1. The van der Waals surface area contributed by atoms with Gasteiger partial charge in [0.1, 0.15) is 0 Å². The largest absolute Gasteiger partial charge is 0.466 e.